The minimum atomic E-state index is -2.95. The molecule has 0 amide bonds. The van der Waals surface area contributed by atoms with Gasteiger partial charge in [0, 0.05) is 11.1 Å². The molecule has 0 atom stereocenters. The number of hydrogen-bond acceptors (Lipinski definition) is 0. The standard InChI is InChI=1S/C9H10F4.C2H6/c1-4-6(8(10)11)7(5(2)3)9(12)13;1-2/h4,8-9H,1-2H2,3H3;1-2H3/b7-6-;. The molecule has 0 radical (unpaired) electrons. The first-order valence-electron chi connectivity index (χ1n) is 4.50. The van der Waals surface area contributed by atoms with Crippen LogP contribution in [0.1, 0.15) is 20.8 Å². The molecule has 0 aromatic heterocycles. The normalized spacial score (nSPS) is 11.8. The second kappa shape index (κ2) is 8.26. The Morgan fingerprint density at radius 2 is 1.47 bits per heavy atom. The topological polar surface area (TPSA) is 0 Å². The fourth-order valence-corrected chi connectivity index (χ4v) is 0.875. The molecule has 0 saturated heterocycles. The van der Waals surface area contributed by atoms with E-state index in [0.29, 0.717) is 0 Å². The average Bonchev–Trinajstić information content (AvgIpc) is 2.15. The summed E-state index contributed by atoms with van der Waals surface area (Å²) in [5.74, 6) is 0. The van der Waals surface area contributed by atoms with Gasteiger partial charge in [-0.05, 0) is 12.5 Å². The Balaban J connectivity index is 0. The van der Waals surface area contributed by atoms with Crippen LogP contribution in [0.3, 0.4) is 0 Å². The zero-order valence-corrected chi connectivity index (χ0v) is 9.16. The van der Waals surface area contributed by atoms with E-state index < -0.39 is 24.0 Å². The van der Waals surface area contributed by atoms with Gasteiger partial charge in [-0.1, -0.05) is 33.1 Å². The van der Waals surface area contributed by atoms with Crippen molar-refractivity contribution >= 4 is 0 Å². The molecule has 0 heterocycles. The molecule has 0 fully saturated rings. The molecule has 0 aliphatic rings. The van der Waals surface area contributed by atoms with Crippen LogP contribution in [0.4, 0.5) is 17.6 Å². The molecular weight excluding hydrogens is 208 g/mol. The molecular formula is C11H16F4. The Labute approximate surface area is 88.0 Å². The van der Waals surface area contributed by atoms with Gasteiger partial charge in [-0.15, -0.1) is 0 Å². The molecule has 0 saturated carbocycles. The SMILES string of the molecule is C=C/C(=C(\C(=C)C)C(F)F)C(F)F.CC. The first-order valence-corrected chi connectivity index (χ1v) is 4.50. The van der Waals surface area contributed by atoms with E-state index in [2.05, 4.69) is 13.2 Å². The largest absolute Gasteiger partial charge is 0.264 e. The molecule has 0 bridgehead atoms. The zero-order chi connectivity index (χ0) is 12.6. The summed E-state index contributed by atoms with van der Waals surface area (Å²) in [6.45, 7) is 11.5. The highest BCUT2D eigenvalue weighted by atomic mass is 19.3. The van der Waals surface area contributed by atoms with Crippen molar-refractivity contribution in [2.45, 2.75) is 33.6 Å². The lowest BCUT2D eigenvalue weighted by Crippen LogP contribution is -2.07. The van der Waals surface area contributed by atoms with Crippen LogP contribution in [-0.4, -0.2) is 12.9 Å². The predicted molar refractivity (Wildman–Crippen MR) is 55.4 cm³/mol. The van der Waals surface area contributed by atoms with Crippen molar-refractivity contribution in [3.63, 3.8) is 0 Å². The Morgan fingerprint density at radius 1 is 1.07 bits per heavy atom. The Hall–Kier alpha value is -1.06. The maximum atomic E-state index is 12.2. The summed E-state index contributed by atoms with van der Waals surface area (Å²) in [5, 5.41) is 0. The van der Waals surface area contributed by atoms with Crippen LogP contribution in [-0.2, 0) is 0 Å². The van der Waals surface area contributed by atoms with Crippen LogP contribution in [0, 0.1) is 0 Å². The highest BCUT2D eigenvalue weighted by molar-refractivity contribution is 5.39. The monoisotopic (exact) mass is 224 g/mol. The fourth-order valence-electron chi connectivity index (χ4n) is 0.875. The predicted octanol–water partition coefficient (Wildman–Crippen LogP) is 4.60. The summed E-state index contributed by atoms with van der Waals surface area (Å²) in [7, 11) is 0. The van der Waals surface area contributed by atoms with Gasteiger partial charge in [0.05, 0.1) is 0 Å². The van der Waals surface area contributed by atoms with E-state index in [1.165, 1.54) is 6.92 Å². The third-order valence-corrected chi connectivity index (χ3v) is 1.44. The molecule has 15 heavy (non-hydrogen) atoms. The lowest BCUT2D eigenvalue weighted by atomic mass is 10.0. The minimum Gasteiger partial charge on any atom is -0.205 e. The van der Waals surface area contributed by atoms with Crippen LogP contribution >= 0.6 is 0 Å². The summed E-state index contributed by atoms with van der Waals surface area (Å²) in [4.78, 5) is 0. The molecule has 0 aromatic carbocycles. The van der Waals surface area contributed by atoms with Crippen molar-refractivity contribution in [1.82, 2.24) is 0 Å². The molecule has 0 nitrogen and oxygen atoms in total. The molecule has 88 valence electrons. The Morgan fingerprint density at radius 3 is 1.53 bits per heavy atom. The molecule has 0 unspecified atom stereocenters. The van der Waals surface area contributed by atoms with Crippen LogP contribution in [0.25, 0.3) is 0 Å². The summed E-state index contributed by atoms with van der Waals surface area (Å²) < 4.78 is 48.8. The summed E-state index contributed by atoms with van der Waals surface area (Å²) in [6, 6.07) is 0. The number of alkyl halides is 4. The number of rotatable bonds is 4. The summed E-state index contributed by atoms with van der Waals surface area (Å²) >= 11 is 0. The maximum absolute atomic E-state index is 12.2. The third kappa shape index (κ3) is 5.40. The number of allylic oxidation sites excluding steroid dienone is 4. The summed E-state index contributed by atoms with van der Waals surface area (Å²) in [6.07, 6.45) is -5.15. The summed E-state index contributed by atoms with van der Waals surface area (Å²) in [5.41, 5.74) is -1.53. The van der Waals surface area contributed by atoms with E-state index >= 15 is 0 Å². The molecule has 4 heteroatoms. The van der Waals surface area contributed by atoms with Gasteiger partial charge < -0.3 is 0 Å². The molecule has 0 spiro atoms. The van der Waals surface area contributed by atoms with Gasteiger partial charge in [-0.25, -0.2) is 17.6 Å². The molecule has 0 aliphatic carbocycles. The van der Waals surface area contributed by atoms with Crippen LogP contribution in [0.15, 0.2) is 36.0 Å². The van der Waals surface area contributed by atoms with Crippen LogP contribution in [0.2, 0.25) is 0 Å². The lowest BCUT2D eigenvalue weighted by Gasteiger charge is -2.10. The molecule has 0 aromatic rings. The van der Waals surface area contributed by atoms with Crippen LogP contribution in [0.5, 0.6) is 0 Å². The fraction of sp³-hybridized carbons (Fsp3) is 0.455. The van der Waals surface area contributed by atoms with Gasteiger partial charge in [0.1, 0.15) is 0 Å². The van der Waals surface area contributed by atoms with Crippen molar-refractivity contribution in [3.8, 4) is 0 Å². The van der Waals surface area contributed by atoms with E-state index in [4.69, 9.17) is 0 Å². The van der Waals surface area contributed by atoms with Gasteiger partial charge in [-0.2, -0.15) is 0 Å². The minimum absolute atomic E-state index is 0.0646. The average molecular weight is 224 g/mol. The van der Waals surface area contributed by atoms with E-state index in [0.717, 1.165) is 6.08 Å². The van der Waals surface area contributed by atoms with Gasteiger partial charge in [0.2, 0.25) is 0 Å². The van der Waals surface area contributed by atoms with E-state index in [-0.39, 0.29) is 5.57 Å². The second-order valence-electron chi connectivity index (χ2n) is 2.45. The number of halogens is 4. The van der Waals surface area contributed by atoms with Gasteiger partial charge in [-0.3, -0.25) is 0 Å². The van der Waals surface area contributed by atoms with Crippen molar-refractivity contribution < 1.29 is 17.6 Å². The smallest absolute Gasteiger partial charge is 0.205 e. The highest BCUT2D eigenvalue weighted by Crippen LogP contribution is 2.25. The van der Waals surface area contributed by atoms with Crippen LogP contribution < -0.4 is 0 Å². The van der Waals surface area contributed by atoms with Crippen molar-refractivity contribution in [2.24, 2.45) is 0 Å². The molecule has 0 rings (SSSR count). The Bertz CT molecular complexity index is 239. The third-order valence-electron chi connectivity index (χ3n) is 1.44. The molecule has 0 aliphatic heterocycles. The lowest BCUT2D eigenvalue weighted by molar-refractivity contribution is 0.169. The highest BCUT2D eigenvalue weighted by Gasteiger charge is 2.21. The quantitative estimate of drug-likeness (QED) is 0.483. The van der Waals surface area contributed by atoms with Gasteiger partial charge in [0.25, 0.3) is 12.9 Å². The first kappa shape index (κ1) is 16.4. The number of hydrogen-bond donors (Lipinski definition) is 0. The zero-order valence-electron chi connectivity index (χ0n) is 9.16. The van der Waals surface area contributed by atoms with Gasteiger partial charge >= 0.3 is 0 Å². The van der Waals surface area contributed by atoms with Crippen molar-refractivity contribution in [1.29, 1.82) is 0 Å². The van der Waals surface area contributed by atoms with Crippen molar-refractivity contribution in [3.05, 3.63) is 36.0 Å². The van der Waals surface area contributed by atoms with E-state index in [1.807, 2.05) is 13.8 Å². The second-order valence-corrected chi connectivity index (χ2v) is 2.45. The van der Waals surface area contributed by atoms with Crippen molar-refractivity contribution in [2.75, 3.05) is 0 Å². The molecule has 0 N–H and O–H groups in total. The maximum Gasteiger partial charge on any atom is 0.264 e. The first-order chi connectivity index (χ1) is 6.91. The Kier molecular flexibility index (Phi) is 9.02. The van der Waals surface area contributed by atoms with Gasteiger partial charge in [0.15, 0.2) is 0 Å². The van der Waals surface area contributed by atoms with E-state index in [1.54, 1.807) is 0 Å². The van der Waals surface area contributed by atoms with E-state index in [9.17, 15) is 17.6 Å².